The molecular formula is C14H21ClO4. The molecule has 2 N–H and O–H groups in total. The summed E-state index contributed by atoms with van der Waals surface area (Å²) >= 11 is 6.07. The van der Waals surface area contributed by atoms with E-state index >= 15 is 0 Å². The van der Waals surface area contributed by atoms with Gasteiger partial charge in [-0.3, -0.25) is 0 Å². The van der Waals surface area contributed by atoms with E-state index in [2.05, 4.69) is 0 Å². The molecule has 0 aliphatic rings. The fraction of sp³-hybridized carbons (Fsp3) is 0.571. The van der Waals surface area contributed by atoms with Crippen LogP contribution in [0.1, 0.15) is 25.3 Å². The Bertz CT molecular complexity index is 409. The van der Waals surface area contributed by atoms with E-state index in [1.807, 2.05) is 6.92 Å². The van der Waals surface area contributed by atoms with Crippen molar-refractivity contribution in [3.8, 4) is 11.5 Å². The van der Waals surface area contributed by atoms with Gasteiger partial charge in [-0.25, -0.2) is 0 Å². The number of halogens is 1. The van der Waals surface area contributed by atoms with Gasteiger partial charge in [0.1, 0.15) is 11.5 Å². The number of hydrogen-bond acceptors (Lipinski definition) is 4. The largest absolute Gasteiger partial charge is 0.496 e. The lowest BCUT2D eigenvalue weighted by Crippen LogP contribution is -2.25. The summed E-state index contributed by atoms with van der Waals surface area (Å²) in [5, 5.41) is 19.8. The van der Waals surface area contributed by atoms with Crippen LogP contribution in [0.4, 0.5) is 0 Å². The molecule has 5 heteroatoms. The first-order chi connectivity index (χ1) is 9.03. The van der Waals surface area contributed by atoms with Gasteiger partial charge >= 0.3 is 0 Å². The molecule has 0 aliphatic heterocycles. The minimum Gasteiger partial charge on any atom is -0.496 e. The lowest BCUT2D eigenvalue weighted by Gasteiger charge is -2.17. The topological polar surface area (TPSA) is 58.9 Å². The first-order valence-corrected chi connectivity index (χ1v) is 6.67. The summed E-state index contributed by atoms with van der Waals surface area (Å²) in [6.45, 7) is 1.83. The lowest BCUT2D eigenvalue weighted by atomic mass is 10.0. The van der Waals surface area contributed by atoms with Gasteiger partial charge in [0.2, 0.25) is 0 Å². The Morgan fingerprint density at radius 1 is 1.11 bits per heavy atom. The van der Waals surface area contributed by atoms with E-state index in [9.17, 15) is 10.2 Å². The van der Waals surface area contributed by atoms with Crippen molar-refractivity contribution in [1.82, 2.24) is 0 Å². The van der Waals surface area contributed by atoms with Gasteiger partial charge in [-0.2, -0.15) is 0 Å². The van der Waals surface area contributed by atoms with Crippen molar-refractivity contribution in [1.29, 1.82) is 0 Å². The van der Waals surface area contributed by atoms with Gasteiger partial charge in [0.25, 0.3) is 0 Å². The standard InChI is InChI=1S/C14H21ClO4/c1-4-11(16)12(17)6-5-9-7-10(15)14(19-3)8-13(9)18-2/h7-8,11-12,16-17H,4-6H2,1-3H3. The minimum absolute atomic E-state index is 0.452. The van der Waals surface area contributed by atoms with Crippen LogP contribution in [-0.4, -0.2) is 36.6 Å². The van der Waals surface area contributed by atoms with Crippen LogP contribution in [0.25, 0.3) is 0 Å². The lowest BCUT2D eigenvalue weighted by molar-refractivity contribution is 0.0130. The smallest absolute Gasteiger partial charge is 0.141 e. The summed E-state index contributed by atoms with van der Waals surface area (Å²) in [6, 6.07) is 3.49. The molecule has 2 atom stereocenters. The average molecular weight is 289 g/mol. The fourth-order valence-corrected chi connectivity index (χ4v) is 2.15. The van der Waals surface area contributed by atoms with Crippen LogP contribution < -0.4 is 9.47 Å². The summed E-state index contributed by atoms with van der Waals surface area (Å²) in [7, 11) is 3.12. The van der Waals surface area contributed by atoms with Crippen molar-refractivity contribution in [2.24, 2.45) is 0 Å². The summed E-state index contributed by atoms with van der Waals surface area (Å²) in [4.78, 5) is 0. The van der Waals surface area contributed by atoms with E-state index < -0.39 is 12.2 Å². The van der Waals surface area contributed by atoms with E-state index in [0.717, 1.165) is 5.56 Å². The third kappa shape index (κ3) is 4.27. The van der Waals surface area contributed by atoms with Gasteiger partial charge in [0, 0.05) is 6.07 Å². The molecule has 0 aliphatic carbocycles. The van der Waals surface area contributed by atoms with Crippen molar-refractivity contribution in [3.63, 3.8) is 0 Å². The maximum atomic E-state index is 9.76. The number of aliphatic hydroxyl groups excluding tert-OH is 2. The highest BCUT2D eigenvalue weighted by atomic mass is 35.5. The van der Waals surface area contributed by atoms with Crippen molar-refractivity contribution >= 4 is 11.6 Å². The maximum Gasteiger partial charge on any atom is 0.141 e. The molecule has 0 radical (unpaired) electrons. The highest BCUT2D eigenvalue weighted by Crippen LogP contribution is 2.33. The summed E-state index contributed by atoms with van der Waals surface area (Å²) < 4.78 is 10.4. The third-order valence-corrected chi connectivity index (χ3v) is 3.42. The predicted molar refractivity (Wildman–Crippen MR) is 75.2 cm³/mol. The van der Waals surface area contributed by atoms with E-state index in [0.29, 0.717) is 35.8 Å². The number of ether oxygens (including phenoxy) is 2. The molecule has 1 rings (SSSR count). The summed E-state index contributed by atoms with van der Waals surface area (Å²) in [5.74, 6) is 1.22. The predicted octanol–water partition coefficient (Wildman–Crippen LogP) is 2.42. The minimum atomic E-state index is -0.740. The molecule has 0 saturated carbocycles. The van der Waals surface area contributed by atoms with Gasteiger partial charge in [0.15, 0.2) is 0 Å². The molecule has 1 aromatic carbocycles. The zero-order valence-corrected chi connectivity index (χ0v) is 12.3. The van der Waals surface area contributed by atoms with Gasteiger partial charge in [-0.15, -0.1) is 0 Å². The molecular weight excluding hydrogens is 268 g/mol. The molecule has 4 nitrogen and oxygen atoms in total. The second kappa shape index (κ2) is 7.58. The summed E-state index contributed by atoms with van der Waals surface area (Å²) in [5.41, 5.74) is 0.885. The van der Waals surface area contributed by atoms with Crippen molar-refractivity contribution < 1.29 is 19.7 Å². The van der Waals surface area contributed by atoms with E-state index in [-0.39, 0.29) is 0 Å². The Hall–Kier alpha value is -0.970. The fourth-order valence-electron chi connectivity index (χ4n) is 1.89. The van der Waals surface area contributed by atoms with Crippen LogP contribution in [0, 0.1) is 0 Å². The number of aryl methyl sites for hydroxylation is 1. The highest BCUT2D eigenvalue weighted by Gasteiger charge is 2.16. The Morgan fingerprint density at radius 2 is 1.74 bits per heavy atom. The molecule has 0 aromatic heterocycles. The molecule has 0 fully saturated rings. The van der Waals surface area contributed by atoms with Crippen molar-refractivity contribution in [3.05, 3.63) is 22.7 Å². The SMILES string of the molecule is CCC(O)C(O)CCc1cc(Cl)c(OC)cc1OC. The molecule has 108 valence electrons. The van der Waals surface area contributed by atoms with Crippen molar-refractivity contribution in [2.75, 3.05) is 14.2 Å². The van der Waals surface area contributed by atoms with Gasteiger partial charge in [-0.1, -0.05) is 18.5 Å². The van der Waals surface area contributed by atoms with Crippen LogP contribution in [0.5, 0.6) is 11.5 Å². The number of benzene rings is 1. The second-order valence-corrected chi connectivity index (χ2v) is 4.79. The average Bonchev–Trinajstić information content (AvgIpc) is 2.43. The molecule has 0 bridgehead atoms. The summed E-state index contributed by atoms with van der Waals surface area (Å²) in [6.07, 6.45) is 0.121. The number of rotatable bonds is 7. The molecule has 0 heterocycles. The van der Waals surface area contributed by atoms with Gasteiger partial charge < -0.3 is 19.7 Å². The maximum absolute atomic E-state index is 9.76. The van der Waals surface area contributed by atoms with Crippen LogP contribution in [-0.2, 0) is 6.42 Å². The van der Waals surface area contributed by atoms with Gasteiger partial charge in [-0.05, 0) is 30.9 Å². The molecule has 1 aromatic rings. The highest BCUT2D eigenvalue weighted by molar-refractivity contribution is 6.32. The second-order valence-electron chi connectivity index (χ2n) is 4.38. The zero-order valence-electron chi connectivity index (χ0n) is 11.5. The third-order valence-electron chi connectivity index (χ3n) is 3.13. The van der Waals surface area contributed by atoms with E-state index in [4.69, 9.17) is 21.1 Å². The number of aliphatic hydroxyl groups is 2. The molecule has 2 unspecified atom stereocenters. The van der Waals surface area contributed by atoms with E-state index in [1.54, 1.807) is 26.4 Å². The van der Waals surface area contributed by atoms with E-state index in [1.165, 1.54) is 0 Å². The first kappa shape index (κ1) is 16.1. The van der Waals surface area contributed by atoms with Crippen LogP contribution >= 0.6 is 11.6 Å². The first-order valence-electron chi connectivity index (χ1n) is 6.30. The van der Waals surface area contributed by atoms with Gasteiger partial charge in [0.05, 0.1) is 31.5 Å². The molecule has 0 spiro atoms. The quantitative estimate of drug-likeness (QED) is 0.809. The normalized spacial score (nSPS) is 14.0. The van der Waals surface area contributed by atoms with Crippen LogP contribution in [0.2, 0.25) is 5.02 Å². The van der Waals surface area contributed by atoms with Crippen molar-refractivity contribution in [2.45, 2.75) is 38.4 Å². The monoisotopic (exact) mass is 288 g/mol. The number of methoxy groups -OCH3 is 2. The molecule has 19 heavy (non-hydrogen) atoms. The van der Waals surface area contributed by atoms with Crippen LogP contribution in [0.3, 0.4) is 0 Å². The molecule has 0 saturated heterocycles. The van der Waals surface area contributed by atoms with Crippen LogP contribution in [0.15, 0.2) is 12.1 Å². The Labute approximate surface area is 118 Å². The number of hydrogen-bond donors (Lipinski definition) is 2. The Kier molecular flexibility index (Phi) is 6.42. The molecule has 0 amide bonds. The Balaban J connectivity index is 2.80. The zero-order chi connectivity index (χ0) is 14.4. The Morgan fingerprint density at radius 3 is 2.26 bits per heavy atom.